The van der Waals surface area contributed by atoms with Crippen LogP contribution in [0.15, 0.2) is 29.2 Å². The van der Waals surface area contributed by atoms with Gasteiger partial charge in [-0.15, -0.1) is 0 Å². The summed E-state index contributed by atoms with van der Waals surface area (Å²) in [7, 11) is -4.23. The third-order valence-corrected chi connectivity index (χ3v) is 8.31. The van der Waals surface area contributed by atoms with Crippen LogP contribution in [0.5, 0.6) is 0 Å². The number of nitrogens with one attached hydrogen (secondary N) is 2. The molecule has 2 saturated carbocycles. The normalized spacial score (nSPS) is 26.3. The molecule has 2 aliphatic rings. The van der Waals surface area contributed by atoms with E-state index in [0.29, 0.717) is 18.3 Å². The highest BCUT2D eigenvalue weighted by Crippen LogP contribution is 2.44. The molecule has 9 heteroatoms. The molecular formula is C22H32FN3O4S. The Morgan fingerprint density at radius 2 is 1.90 bits per heavy atom. The van der Waals surface area contributed by atoms with E-state index in [2.05, 4.69) is 10.0 Å². The van der Waals surface area contributed by atoms with Gasteiger partial charge in [0.1, 0.15) is 16.3 Å². The summed E-state index contributed by atoms with van der Waals surface area (Å²) in [5, 5.41) is 3.07. The molecule has 2 bridgehead atoms. The Hall–Kier alpha value is -2.00. The molecule has 2 amide bonds. The molecule has 3 unspecified atom stereocenters. The van der Waals surface area contributed by atoms with Gasteiger partial charge >= 0.3 is 0 Å². The fraction of sp³-hybridized carbons (Fsp3) is 0.636. The van der Waals surface area contributed by atoms with Crippen LogP contribution in [-0.4, -0.2) is 31.8 Å². The van der Waals surface area contributed by atoms with Crippen molar-refractivity contribution >= 4 is 21.8 Å². The highest BCUT2D eigenvalue weighted by Gasteiger charge is 2.43. The lowest BCUT2D eigenvalue weighted by Gasteiger charge is -2.46. The van der Waals surface area contributed by atoms with E-state index < -0.39 is 32.2 Å². The summed E-state index contributed by atoms with van der Waals surface area (Å²) in [5.74, 6) is -0.687. The summed E-state index contributed by atoms with van der Waals surface area (Å²) in [6, 6.07) is 4.91. The van der Waals surface area contributed by atoms with Crippen LogP contribution in [0.25, 0.3) is 0 Å². The van der Waals surface area contributed by atoms with Crippen molar-refractivity contribution in [2.75, 3.05) is 0 Å². The molecule has 0 spiro atoms. The predicted octanol–water partition coefficient (Wildman–Crippen LogP) is 2.46. The molecule has 0 saturated heterocycles. The number of halogens is 1. The first-order valence-electron chi connectivity index (χ1n) is 10.9. The van der Waals surface area contributed by atoms with Crippen LogP contribution in [0.3, 0.4) is 0 Å². The molecule has 7 nitrogen and oxygen atoms in total. The molecule has 1 aromatic rings. The topological polar surface area (TPSA) is 118 Å². The number of sulfonamides is 1. The number of carbonyl (C=O) groups is 2. The van der Waals surface area contributed by atoms with E-state index in [0.717, 1.165) is 44.2 Å². The number of benzene rings is 1. The van der Waals surface area contributed by atoms with Crippen LogP contribution < -0.4 is 15.8 Å². The van der Waals surface area contributed by atoms with Crippen LogP contribution in [0.4, 0.5) is 4.39 Å². The Balaban J connectivity index is 1.75. The summed E-state index contributed by atoms with van der Waals surface area (Å²) in [6.45, 7) is 2.93. The van der Waals surface area contributed by atoms with E-state index in [4.69, 9.17) is 5.73 Å². The molecule has 0 radical (unpaired) electrons. The predicted molar refractivity (Wildman–Crippen MR) is 115 cm³/mol. The van der Waals surface area contributed by atoms with Crippen LogP contribution >= 0.6 is 0 Å². The summed E-state index contributed by atoms with van der Waals surface area (Å²) in [5.41, 5.74) is 3.86. The van der Waals surface area contributed by atoms with Gasteiger partial charge in [0, 0.05) is 12.5 Å². The molecule has 172 valence electrons. The maximum atomic E-state index is 14.0. The number of hydrogen-bond donors (Lipinski definition) is 3. The zero-order valence-electron chi connectivity index (χ0n) is 18.1. The number of carbonyl (C=O) groups excluding carboxylic acids is 2. The zero-order chi connectivity index (χ0) is 22.8. The number of primary amides is 1. The quantitative estimate of drug-likeness (QED) is 0.560. The Kier molecular flexibility index (Phi) is 7.05. The van der Waals surface area contributed by atoms with Gasteiger partial charge in [-0.2, -0.15) is 4.72 Å². The SMILES string of the molecule is CC(C)(NS(=O)(=O)c1ccccc1F)C(=O)N[C@@H]1C2CCCC(C2)CC1CCC(N)=O. The van der Waals surface area contributed by atoms with Crippen LogP contribution in [0.2, 0.25) is 0 Å². The summed E-state index contributed by atoms with van der Waals surface area (Å²) < 4.78 is 41.8. The van der Waals surface area contributed by atoms with E-state index in [1.54, 1.807) is 0 Å². The number of hydrogen-bond acceptors (Lipinski definition) is 4. The smallest absolute Gasteiger partial charge is 0.244 e. The third-order valence-electron chi connectivity index (χ3n) is 6.62. The first-order valence-corrected chi connectivity index (χ1v) is 12.4. The summed E-state index contributed by atoms with van der Waals surface area (Å²) >= 11 is 0. The molecule has 0 aromatic heterocycles. The van der Waals surface area contributed by atoms with E-state index in [-0.39, 0.29) is 24.3 Å². The van der Waals surface area contributed by atoms with Crippen molar-refractivity contribution < 1.29 is 22.4 Å². The molecule has 1 aromatic carbocycles. The third kappa shape index (κ3) is 5.63. The van der Waals surface area contributed by atoms with Gasteiger partial charge in [0.25, 0.3) is 0 Å². The van der Waals surface area contributed by atoms with Gasteiger partial charge in [-0.25, -0.2) is 12.8 Å². The van der Waals surface area contributed by atoms with Crippen molar-refractivity contribution in [2.45, 2.75) is 75.3 Å². The molecule has 3 rings (SSSR count). The van der Waals surface area contributed by atoms with Gasteiger partial charge in [0.2, 0.25) is 21.8 Å². The van der Waals surface area contributed by atoms with Crippen molar-refractivity contribution in [3.8, 4) is 0 Å². The van der Waals surface area contributed by atoms with Crippen molar-refractivity contribution in [2.24, 2.45) is 23.5 Å². The lowest BCUT2D eigenvalue weighted by Crippen LogP contribution is -2.60. The molecule has 4 N–H and O–H groups in total. The minimum atomic E-state index is -4.23. The second-order valence-corrected chi connectivity index (χ2v) is 11.1. The van der Waals surface area contributed by atoms with Gasteiger partial charge in [0.15, 0.2) is 0 Å². The Bertz CT molecular complexity index is 934. The fourth-order valence-corrected chi connectivity index (χ4v) is 6.58. The maximum Gasteiger partial charge on any atom is 0.244 e. The summed E-state index contributed by atoms with van der Waals surface area (Å²) in [4.78, 5) is 24.0. The Morgan fingerprint density at radius 1 is 1.19 bits per heavy atom. The number of fused-ring (bicyclic) bond motifs is 2. The highest BCUT2D eigenvalue weighted by atomic mass is 32.2. The average molecular weight is 454 g/mol. The Morgan fingerprint density at radius 3 is 2.58 bits per heavy atom. The second-order valence-electron chi connectivity index (χ2n) is 9.45. The molecule has 2 fully saturated rings. The monoisotopic (exact) mass is 453 g/mol. The van der Waals surface area contributed by atoms with Gasteiger partial charge < -0.3 is 11.1 Å². The standard InChI is InChI=1S/C22H32FN3O4S/c1-22(2,26-31(29,30)18-9-4-3-8-17(18)23)21(28)25-20-15-7-5-6-14(12-15)13-16(20)10-11-19(24)27/h3-4,8-9,14-16,20,26H,5-7,10-13H2,1-2H3,(H2,24,27)(H,25,28)/t14?,15?,16?,20-/m1/s1. The van der Waals surface area contributed by atoms with E-state index in [1.807, 2.05) is 0 Å². The largest absolute Gasteiger partial charge is 0.370 e. The van der Waals surface area contributed by atoms with E-state index in [9.17, 15) is 22.4 Å². The van der Waals surface area contributed by atoms with E-state index >= 15 is 0 Å². The summed E-state index contributed by atoms with van der Waals surface area (Å²) in [6.07, 6.45) is 6.09. The minimum Gasteiger partial charge on any atom is -0.370 e. The molecule has 4 atom stereocenters. The number of nitrogens with two attached hydrogens (primary N) is 1. The molecule has 0 heterocycles. The molecule has 31 heavy (non-hydrogen) atoms. The minimum absolute atomic E-state index is 0.125. The number of amides is 2. The van der Waals surface area contributed by atoms with E-state index in [1.165, 1.54) is 26.0 Å². The van der Waals surface area contributed by atoms with Gasteiger partial charge in [-0.3, -0.25) is 9.59 Å². The lowest BCUT2D eigenvalue weighted by molar-refractivity contribution is -0.128. The van der Waals surface area contributed by atoms with Crippen LogP contribution in [-0.2, 0) is 19.6 Å². The molecular weight excluding hydrogens is 421 g/mol. The van der Waals surface area contributed by atoms with Crippen molar-refractivity contribution in [3.63, 3.8) is 0 Å². The average Bonchev–Trinajstić information content (AvgIpc) is 2.68. The molecule has 2 aliphatic carbocycles. The highest BCUT2D eigenvalue weighted by molar-refractivity contribution is 7.89. The Labute approximate surface area is 183 Å². The first-order chi connectivity index (χ1) is 14.5. The van der Waals surface area contributed by atoms with Crippen LogP contribution in [0.1, 0.15) is 58.8 Å². The zero-order valence-corrected chi connectivity index (χ0v) is 18.9. The van der Waals surface area contributed by atoms with Crippen molar-refractivity contribution in [3.05, 3.63) is 30.1 Å². The van der Waals surface area contributed by atoms with Gasteiger partial charge in [0.05, 0.1) is 0 Å². The first kappa shape index (κ1) is 23.7. The maximum absolute atomic E-state index is 14.0. The molecule has 0 aliphatic heterocycles. The van der Waals surface area contributed by atoms with Crippen molar-refractivity contribution in [1.29, 1.82) is 0 Å². The van der Waals surface area contributed by atoms with Crippen LogP contribution in [0, 0.1) is 23.6 Å². The van der Waals surface area contributed by atoms with Crippen molar-refractivity contribution in [1.82, 2.24) is 10.0 Å². The fourth-order valence-electron chi connectivity index (χ4n) is 5.12. The second kappa shape index (κ2) is 9.24. The number of rotatable bonds is 8. The van der Waals surface area contributed by atoms with Gasteiger partial charge in [-0.1, -0.05) is 25.0 Å². The van der Waals surface area contributed by atoms with Gasteiger partial charge in [-0.05, 0) is 69.4 Å². The lowest BCUT2D eigenvalue weighted by atomic mass is 9.64.